The fourth-order valence-corrected chi connectivity index (χ4v) is 4.18. The van der Waals surface area contributed by atoms with Crippen molar-refractivity contribution in [3.8, 4) is 0 Å². The van der Waals surface area contributed by atoms with E-state index in [0.717, 1.165) is 25.0 Å². The van der Waals surface area contributed by atoms with Gasteiger partial charge in [-0.2, -0.15) is 0 Å². The Morgan fingerprint density at radius 3 is 1.82 bits per heavy atom. The van der Waals surface area contributed by atoms with Crippen LogP contribution < -0.4 is 10.8 Å². The maximum Gasteiger partial charge on any atom is 0.488 e. The highest BCUT2D eigenvalue weighted by Crippen LogP contribution is 2.17. The van der Waals surface area contributed by atoms with Crippen LogP contribution in [0.3, 0.4) is 0 Å². The van der Waals surface area contributed by atoms with Gasteiger partial charge in [0.05, 0.1) is 5.92 Å². The van der Waals surface area contributed by atoms with Gasteiger partial charge in [0.2, 0.25) is 0 Å². The summed E-state index contributed by atoms with van der Waals surface area (Å²) in [6.07, 6.45) is 6.41. The Kier molecular flexibility index (Phi) is 13.7. The van der Waals surface area contributed by atoms with Gasteiger partial charge in [0.25, 0.3) is 0 Å². The summed E-state index contributed by atoms with van der Waals surface area (Å²) in [5.74, 6) is 0.888. The summed E-state index contributed by atoms with van der Waals surface area (Å²) in [6, 6.07) is 16.5. The third kappa shape index (κ3) is 12.4. The number of aryl methyl sites for hydroxylation is 2. The number of hydrogen-bond donors (Lipinski definition) is 3. The molecule has 2 aliphatic heterocycles. The van der Waals surface area contributed by atoms with Crippen molar-refractivity contribution in [1.82, 2.24) is 10.2 Å². The van der Waals surface area contributed by atoms with Crippen molar-refractivity contribution < 1.29 is 24.4 Å². The van der Waals surface area contributed by atoms with Crippen LogP contribution >= 0.6 is 0 Å². The molecule has 7 nitrogen and oxygen atoms in total. The molecule has 0 aliphatic carbocycles. The fourth-order valence-electron chi connectivity index (χ4n) is 4.18. The Balaban J connectivity index is 0.000000206. The van der Waals surface area contributed by atoms with Gasteiger partial charge in [-0.1, -0.05) is 75.2 Å². The molecule has 214 valence electrons. The molecule has 39 heavy (non-hydrogen) atoms. The number of hydrogen-bond acceptors (Lipinski definition) is 6. The Bertz CT molecular complexity index is 980. The summed E-state index contributed by atoms with van der Waals surface area (Å²) in [7, 11) is -1.35. The van der Waals surface area contributed by atoms with Gasteiger partial charge in [0.15, 0.2) is 0 Å². The highest BCUT2D eigenvalue weighted by atomic mass is 16.6. The van der Waals surface area contributed by atoms with Crippen LogP contribution in [0.15, 0.2) is 48.5 Å². The number of carbonyl (C=O) groups is 2. The number of nitrogens with zero attached hydrogens (tertiary/aromatic N) is 1. The van der Waals surface area contributed by atoms with Gasteiger partial charge in [-0.3, -0.25) is 0 Å². The van der Waals surface area contributed by atoms with Crippen LogP contribution in [0.4, 0.5) is 4.79 Å². The van der Waals surface area contributed by atoms with E-state index in [4.69, 9.17) is 14.8 Å². The van der Waals surface area contributed by atoms with Crippen LogP contribution in [0.2, 0.25) is 0 Å². The second-order valence-corrected chi connectivity index (χ2v) is 11.4. The van der Waals surface area contributed by atoms with Crippen molar-refractivity contribution in [2.24, 2.45) is 11.8 Å². The van der Waals surface area contributed by atoms with Crippen LogP contribution in [-0.4, -0.2) is 66.2 Å². The molecule has 2 aromatic rings. The summed E-state index contributed by atoms with van der Waals surface area (Å²) in [4.78, 5) is 23.1. The predicted octanol–water partition coefficient (Wildman–Crippen LogP) is 3.77. The zero-order chi connectivity index (χ0) is 28.8. The second kappa shape index (κ2) is 16.4. The van der Waals surface area contributed by atoms with Gasteiger partial charge >= 0.3 is 13.2 Å². The van der Waals surface area contributed by atoms with Crippen LogP contribution in [0, 0.1) is 11.8 Å². The van der Waals surface area contributed by atoms with Crippen molar-refractivity contribution in [2.45, 2.75) is 72.3 Å². The average molecular weight is 539 g/mol. The quantitative estimate of drug-likeness (QED) is 0.350. The number of likely N-dealkylation sites (tertiary alicyclic amines) is 1. The molecular formula is C31H47BN2O5. The molecule has 0 radical (unpaired) electrons. The van der Waals surface area contributed by atoms with E-state index in [0.29, 0.717) is 18.6 Å². The number of amides is 1. The van der Waals surface area contributed by atoms with Gasteiger partial charge in [-0.15, -0.1) is 0 Å². The molecule has 2 aliphatic rings. The van der Waals surface area contributed by atoms with E-state index < -0.39 is 12.7 Å². The minimum atomic E-state index is -1.35. The minimum absolute atomic E-state index is 0.00696. The first-order valence-corrected chi connectivity index (χ1v) is 14.2. The van der Waals surface area contributed by atoms with Gasteiger partial charge in [-0.25, -0.2) is 4.79 Å². The molecule has 8 heteroatoms. The molecular weight excluding hydrogens is 491 g/mol. The van der Waals surface area contributed by atoms with Crippen LogP contribution in [-0.2, 0) is 28.8 Å². The number of benzene rings is 2. The van der Waals surface area contributed by atoms with Crippen LogP contribution in [0.25, 0.3) is 0 Å². The Hall–Kier alpha value is -2.68. The van der Waals surface area contributed by atoms with Gasteiger partial charge < -0.3 is 29.8 Å². The predicted molar refractivity (Wildman–Crippen MR) is 158 cm³/mol. The Morgan fingerprint density at radius 2 is 1.44 bits per heavy atom. The molecule has 0 atom stereocenters. The fraction of sp³-hybridized carbons (Fsp3) is 0.548. The molecule has 0 aromatic heterocycles. The van der Waals surface area contributed by atoms with Gasteiger partial charge in [0, 0.05) is 13.1 Å². The lowest BCUT2D eigenvalue weighted by atomic mass is 9.80. The van der Waals surface area contributed by atoms with Gasteiger partial charge in [-0.05, 0) is 81.2 Å². The monoisotopic (exact) mass is 538 g/mol. The number of rotatable bonds is 8. The first kappa shape index (κ1) is 32.5. The molecule has 2 fully saturated rings. The first-order chi connectivity index (χ1) is 18.5. The van der Waals surface area contributed by atoms with E-state index in [1.165, 1.54) is 53.9 Å². The van der Waals surface area contributed by atoms with E-state index in [-0.39, 0.29) is 12.0 Å². The molecule has 0 bridgehead atoms. The lowest BCUT2D eigenvalue weighted by Crippen LogP contribution is -2.52. The van der Waals surface area contributed by atoms with Crippen LogP contribution in [0.5, 0.6) is 0 Å². The molecule has 2 heterocycles. The normalized spacial score (nSPS) is 15.0. The lowest BCUT2D eigenvalue weighted by Gasteiger charge is -2.36. The zero-order valence-corrected chi connectivity index (χ0v) is 24.4. The Morgan fingerprint density at radius 1 is 0.949 bits per heavy atom. The summed E-state index contributed by atoms with van der Waals surface area (Å²) in [5, 5.41) is 20.9. The summed E-state index contributed by atoms with van der Waals surface area (Å²) < 4.78 is 5.11. The number of carbonyl (C=O) groups excluding carboxylic acids is 2. The van der Waals surface area contributed by atoms with E-state index in [2.05, 4.69) is 43.4 Å². The topological polar surface area (TPSA) is 99.1 Å². The molecule has 0 saturated carbocycles. The third-order valence-electron chi connectivity index (χ3n) is 6.52. The van der Waals surface area contributed by atoms with Gasteiger partial charge in [0.1, 0.15) is 11.9 Å². The zero-order valence-electron chi connectivity index (χ0n) is 24.4. The molecule has 2 saturated heterocycles. The van der Waals surface area contributed by atoms with E-state index in [1.807, 2.05) is 32.9 Å². The van der Waals surface area contributed by atoms with Crippen molar-refractivity contribution in [3.05, 3.63) is 65.2 Å². The summed E-state index contributed by atoms with van der Waals surface area (Å²) in [6.45, 7) is 13.2. The molecule has 3 N–H and O–H groups in total. The standard InChI is InChI=1S/C13H19N.C9H13BO2.C9H15NO3/c1-2-3-11-4-6-12(7-5-11)8-13-9-14-10-13;1-2-3-8-4-6-9(7-5-8)10(11)12;1-9(2,3)13-8(12)10-4-7(5-10)6-11/h4-7,13-14H,2-3,8-10H2,1H3;4-7,11-12H,2-3H2,1H3;6-7H,4-5H2,1-3H3. The molecule has 1 amide bonds. The van der Waals surface area contributed by atoms with Crippen LogP contribution in [0.1, 0.15) is 64.2 Å². The number of ether oxygens (including phenoxy) is 1. The second-order valence-electron chi connectivity index (χ2n) is 11.4. The smallest absolute Gasteiger partial charge is 0.444 e. The van der Waals surface area contributed by atoms with Crippen molar-refractivity contribution >= 4 is 25.0 Å². The van der Waals surface area contributed by atoms with Crippen molar-refractivity contribution in [2.75, 3.05) is 26.2 Å². The minimum Gasteiger partial charge on any atom is -0.444 e. The highest BCUT2D eigenvalue weighted by molar-refractivity contribution is 6.58. The SMILES string of the molecule is CC(C)(C)OC(=O)N1CC(C=O)C1.CCCc1ccc(B(O)O)cc1.CCCc1ccc(CC2CNC2)cc1. The lowest BCUT2D eigenvalue weighted by molar-refractivity contribution is -0.115. The summed E-state index contributed by atoms with van der Waals surface area (Å²) in [5.41, 5.74) is 4.31. The first-order valence-electron chi connectivity index (χ1n) is 14.2. The maximum atomic E-state index is 11.3. The molecule has 0 unspecified atom stereocenters. The van der Waals surface area contributed by atoms with E-state index in [9.17, 15) is 9.59 Å². The number of nitrogens with one attached hydrogen (secondary N) is 1. The molecule has 4 rings (SSSR count). The van der Waals surface area contributed by atoms with E-state index >= 15 is 0 Å². The maximum absolute atomic E-state index is 11.3. The van der Waals surface area contributed by atoms with E-state index in [1.54, 1.807) is 12.1 Å². The number of aldehydes is 1. The van der Waals surface area contributed by atoms with Crippen molar-refractivity contribution in [3.63, 3.8) is 0 Å². The highest BCUT2D eigenvalue weighted by Gasteiger charge is 2.33. The summed E-state index contributed by atoms with van der Waals surface area (Å²) >= 11 is 0. The Labute approximate surface area is 235 Å². The van der Waals surface area contributed by atoms with Crippen molar-refractivity contribution in [1.29, 1.82) is 0 Å². The average Bonchev–Trinajstić information content (AvgIpc) is 2.82. The largest absolute Gasteiger partial charge is 0.488 e. The molecule has 2 aromatic carbocycles. The third-order valence-corrected chi connectivity index (χ3v) is 6.52. The molecule has 0 spiro atoms.